The van der Waals surface area contributed by atoms with Crippen molar-refractivity contribution >= 4 is 15.7 Å². The van der Waals surface area contributed by atoms with Crippen LogP contribution in [0.15, 0.2) is 30.3 Å². The number of sulfone groups is 1. The summed E-state index contributed by atoms with van der Waals surface area (Å²) < 4.78 is 29.4. The molecule has 0 spiro atoms. The Morgan fingerprint density at radius 1 is 1.17 bits per heavy atom. The molecule has 2 heterocycles. The Balaban J connectivity index is 1.82. The van der Waals surface area contributed by atoms with Crippen LogP contribution in [0.5, 0.6) is 0 Å². The van der Waals surface area contributed by atoms with E-state index in [2.05, 4.69) is 4.90 Å². The fourth-order valence-electron chi connectivity index (χ4n) is 3.51. The number of rotatable bonds is 4. The number of piperazine rings is 1. The second-order valence-corrected chi connectivity index (χ2v) is 8.26. The van der Waals surface area contributed by atoms with Gasteiger partial charge < -0.3 is 9.64 Å². The monoisotopic (exact) mass is 338 g/mol. The summed E-state index contributed by atoms with van der Waals surface area (Å²) in [5.74, 6) is 0.101. The van der Waals surface area contributed by atoms with Crippen LogP contribution in [0.1, 0.15) is 10.4 Å². The molecule has 6 nitrogen and oxygen atoms in total. The van der Waals surface area contributed by atoms with Crippen LogP contribution in [0.25, 0.3) is 0 Å². The van der Waals surface area contributed by atoms with E-state index in [0.717, 1.165) is 0 Å². The maximum absolute atomic E-state index is 12.8. The molecule has 3 rings (SSSR count). The molecular weight excluding hydrogens is 316 g/mol. The predicted octanol–water partition coefficient (Wildman–Crippen LogP) is 0.256. The Bertz CT molecular complexity index is 662. The summed E-state index contributed by atoms with van der Waals surface area (Å²) in [6, 6.07) is 8.67. The van der Waals surface area contributed by atoms with Gasteiger partial charge in [-0.05, 0) is 12.1 Å². The molecule has 0 saturated carbocycles. The van der Waals surface area contributed by atoms with E-state index in [0.29, 0.717) is 31.8 Å². The molecule has 2 aliphatic heterocycles. The highest BCUT2D eigenvalue weighted by atomic mass is 32.2. The maximum Gasteiger partial charge on any atom is 0.254 e. The highest BCUT2D eigenvalue weighted by molar-refractivity contribution is 7.91. The molecular formula is C16H22N2O4S. The summed E-state index contributed by atoms with van der Waals surface area (Å²) in [4.78, 5) is 16.7. The average Bonchev–Trinajstić information content (AvgIpc) is 2.88. The minimum absolute atomic E-state index is 0.0553. The van der Waals surface area contributed by atoms with Crippen molar-refractivity contribution in [3.63, 3.8) is 0 Å². The zero-order chi connectivity index (χ0) is 16.4. The Labute approximate surface area is 136 Å². The molecule has 2 saturated heterocycles. The molecule has 0 N–H and O–H groups in total. The minimum atomic E-state index is -3.11. The van der Waals surface area contributed by atoms with Gasteiger partial charge in [0.2, 0.25) is 0 Å². The first-order valence-electron chi connectivity index (χ1n) is 7.81. The maximum atomic E-state index is 12.8. The van der Waals surface area contributed by atoms with Gasteiger partial charge in [0, 0.05) is 38.3 Å². The number of carbonyl (C=O) groups is 1. The molecule has 0 bridgehead atoms. The second kappa shape index (κ2) is 6.59. The summed E-state index contributed by atoms with van der Waals surface area (Å²) in [6.07, 6.45) is 0. The lowest BCUT2D eigenvalue weighted by Crippen LogP contribution is -2.61. The van der Waals surface area contributed by atoms with E-state index < -0.39 is 9.84 Å². The van der Waals surface area contributed by atoms with Crippen LogP contribution < -0.4 is 0 Å². The Hall–Kier alpha value is -1.44. The van der Waals surface area contributed by atoms with E-state index in [1.807, 2.05) is 18.2 Å². The van der Waals surface area contributed by atoms with Gasteiger partial charge in [-0.2, -0.15) is 0 Å². The predicted molar refractivity (Wildman–Crippen MR) is 87.2 cm³/mol. The first-order valence-corrected chi connectivity index (χ1v) is 9.63. The number of amides is 1. The summed E-state index contributed by atoms with van der Waals surface area (Å²) in [6.45, 7) is 2.49. The molecule has 1 aromatic carbocycles. The quantitative estimate of drug-likeness (QED) is 0.788. The molecule has 7 heteroatoms. The molecule has 2 unspecified atom stereocenters. The number of ether oxygens (including phenoxy) is 1. The first kappa shape index (κ1) is 16.4. The number of hydrogen-bond donors (Lipinski definition) is 0. The van der Waals surface area contributed by atoms with Crippen LogP contribution >= 0.6 is 0 Å². The SMILES string of the molecule is COCCN1CCN(C(=O)c2ccccc2)C2CS(=O)(=O)CC21. The topological polar surface area (TPSA) is 66.9 Å². The highest BCUT2D eigenvalue weighted by Gasteiger charge is 2.47. The summed E-state index contributed by atoms with van der Waals surface area (Å²) in [7, 11) is -1.47. The number of hydrogen-bond acceptors (Lipinski definition) is 5. The van der Waals surface area contributed by atoms with Crippen LogP contribution in [0.2, 0.25) is 0 Å². The van der Waals surface area contributed by atoms with Gasteiger partial charge in [0.05, 0.1) is 24.2 Å². The van der Waals surface area contributed by atoms with Gasteiger partial charge in [-0.15, -0.1) is 0 Å². The molecule has 2 atom stereocenters. The van der Waals surface area contributed by atoms with Gasteiger partial charge in [-0.3, -0.25) is 9.69 Å². The number of methoxy groups -OCH3 is 1. The van der Waals surface area contributed by atoms with Crippen molar-refractivity contribution in [1.82, 2.24) is 9.80 Å². The van der Waals surface area contributed by atoms with Gasteiger partial charge in [-0.1, -0.05) is 18.2 Å². The first-order chi connectivity index (χ1) is 11.0. The molecule has 1 amide bonds. The second-order valence-electron chi connectivity index (χ2n) is 6.10. The molecule has 2 aliphatic rings. The number of fused-ring (bicyclic) bond motifs is 1. The van der Waals surface area contributed by atoms with Gasteiger partial charge >= 0.3 is 0 Å². The third kappa shape index (κ3) is 3.41. The molecule has 1 aromatic rings. The molecule has 0 aromatic heterocycles. The fraction of sp³-hybridized carbons (Fsp3) is 0.562. The van der Waals surface area contributed by atoms with Crippen molar-refractivity contribution in [2.45, 2.75) is 12.1 Å². The lowest BCUT2D eigenvalue weighted by Gasteiger charge is -2.43. The molecule has 23 heavy (non-hydrogen) atoms. The number of benzene rings is 1. The van der Waals surface area contributed by atoms with E-state index in [9.17, 15) is 13.2 Å². The summed E-state index contributed by atoms with van der Waals surface area (Å²) in [5, 5.41) is 0. The Morgan fingerprint density at radius 2 is 1.87 bits per heavy atom. The lowest BCUT2D eigenvalue weighted by atomic mass is 10.0. The third-order valence-corrected chi connectivity index (χ3v) is 6.35. The van der Waals surface area contributed by atoms with Crippen molar-refractivity contribution in [3.05, 3.63) is 35.9 Å². The zero-order valence-electron chi connectivity index (χ0n) is 13.2. The van der Waals surface area contributed by atoms with Gasteiger partial charge in [0.15, 0.2) is 9.84 Å². The van der Waals surface area contributed by atoms with Crippen LogP contribution in [-0.2, 0) is 14.6 Å². The van der Waals surface area contributed by atoms with Gasteiger partial charge in [0.25, 0.3) is 5.91 Å². The van der Waals surface area contributed by atoms with Crippen LogP contribution in [0.4, 0.5) is 0 Å². The van der Waals surface area contributed by atoms with E-state index in [4.69, 9.17) is 4.74 Å². The molecule has 2 fully saturated rings. The highest BCUT2D eigenvalue weighted by Crippen LogP contribution is 2.28. The fourth-order valence-corrected chi connectivity index (χ4v) is 5.52. The molecule has 126 valence electrons. The van der Waals surface area contributed by atoms with Crippen molar-refractivity contribution in [2.75, 3.05) is 44.9 Å². The van der Waals surface area contributed by atoms with Crippen molar-refractivity contribution in [2.24, 2.45) is 0 Å². The Morgan fingerprint density at radius 3 is 2.57 bits per heavy atom. The van der Waals surface area contributed by atoms with Crippen molar-refractivity contribution in [1.29, 1.82) is 0 Å². The summed E-state index contributed by atoms with van der Waals surface area (Å²) in [5.41, 5.74) is 0.612. The van der Waals surface area contributed by atoms with Crippen molar-refractivity contribution in [3.8, 4) is 0 Å². The normalized spacial score (nSPS) is 26.9. The number of carbonyl (C=O) groups excluding carboxylic acids is 1. The standard InChI is InChI=1S/C16H22N2O4S/c1-22-10-9-17-7-8-18(15-12-23(20,21)11-14(15)17)16(19)13-5-3-2-4-6-13/h2-6,14-15H,7-12H2,1H3. The van der Waals surface area contributed by atoms with E-state index >= 15 is 0 Å². The Kier molecular flexibility index (Phi) is 4.70. The lowest BCUT2D eigenvalue weighted by molar-refractivity contribution is 0.0247. The average molecular weight is 338 g/mol. The van der Waals surface area contributed by atoms with E-state index in [1.165, 1.54) is 0 Å². The van der Waals surface area contributed by atoms with Crippen LogP contribution in [-0.4, -0.2) is 81.1 Å². The van der Waals surface area contributed by atoms with Crippen LogP contribution in [0.3, 0.4) is 0 Å². The van der Waals surface area contributed by atoms with E-state index in [-0.39, 0.29) is 29.5 Å². The largest absolute Gasteiger partial charge is 0.383 e. The molecule has 0 aliphatic carbocycles. The zero-order valence-corrected chi connectivity index (χ0v) is 14.0. The van der Waals surface area contributed by atoms with E-state index in [1.54, 1.807) is 24.1 Å². The molecule has 0 radical (unpaired) electrons. The number of nitrogens with zero attached hydrogens (tertiary/aromatic N) is 2. The summed E-state index contributed by atoms with van der Waals surface area (Å²) >= 11 is 0. The smallest absolute Gasteiger partial charge is 0.254 e. The minimum Gasteiger partial charge on any atom is -0.383 e. The van der Waals surface area contributed by atoms with Gasteiger partial charge in [0.1, 0.15) is 0 Å². The van der Waals surface area contributed by atoms with Crippen molar-refractivity contribution < 1.29 is 17.9 Å². The third-order valence-electron chi connectivity index (χ3n) is 4.66. The van der Waals surface area contributed by atoms with Gasteiger partial charge in [-0.25, -0.2) is 8.42 Å². The van der Waals surface area contributed by atoms with Crippen LogP contribution in [0, 0.1) is 0 Å².